The molecule has 1 amide bonds. The van der Waals surface area contributed by atoms with Crippen LogP contribution in [0.15, 0.2) is 15.9 Å². The zero-order valence-electron chi connectivity index (χ0n) is 7.29. The minimum absolute atomic E-state index is 0.0288. The number of thiophene rings is 1. The van der Waals surface area contributed by atoms with Gasteiger partial charge in [-0.2, -0.15) is 0 Å². The number of amides is 1. The fourth-order valence-corrected chi connectivity index (χ4v) is 2.29. The van der Waals surface area contributed by atoms with E-state index >= 15 is 0 Å². The molecule has 72 valence electrons. The maximum Gasteiger partial charge on any atom is 0.263 e. The lowest BCUT2D eigenvalue weighted by Gasteiger charge is -2.14. The molecule has 13 heavy (non-hydrogen) atoms. The number of carbonyl (C=O) groups is 1. The van der Waals surface area contributed by atoms with Crippen molar-refractivity contribution in [2.75, 3.05) is 20.1 Å². The molecule has 0 radical (unpaired) electrons. The summed E-state index contributed by atoms with van der Waals surface area (Å²) in [6, 6.07) is 3.68. The smallest absolute Gasteiger partial charge is 0.263 e. The van der Waals surface area contributed by atoms with Crippen molar-refractivity contribution >= 4 is 33.2 Å². The first-order valence-corrected chi connectivity index (χ1v) is 5.47. The number of carbonyl (C=O) groups excluding carboxylic acids is 1. The van der Waals surface area contributed by atoms with Crippen LogP contribution in [0, 0.1) is 0 Å². The summed E-state index contributed by atoms with van der Waals surface area (Å²) in [5.74, 6) is 0.0288. The van der Waals surface area contributed by atoms with Crippen LogP contribution in [-0.2, 0) is 0 Å². The van der Waals surface area contributed by atoms with Gasteiger partial charge in [-0.05, 0) is 28.1 Å². The molecule has 0 unspecified atom stereocenters. The maximum absolute atomic E-state index is 11.6. The lowest BCUT2D eigenvalue weighted by atomic mass is 10.4. The van der Waals surface area contributed by atoms with Gasteiger partial charge in [-0.1, -0.05) is 0 Å². The predicted octanol–water partition coefficient (Wildman–Crippen LogP) is 1.54. The van der Waals surface area contributed by atoms with E-state index in [1.165, 1.54) is 11.3 Å². The first-order valence-electron chi connectivity index (χ1n) is 3.86. The highest BCUT2D eigenvalue weighted by atomic mass is 79.9. The van der Waals surface area contributed by atoms with Crippen LogP contribution in [0.4, 0.5) is 0 Å². The minimum Gasteiger partial charge on any atom is -0.340 e. The molecule has 0 aliphatic carbocycles. The van der Waals surface area contributed by atoms with Crippen molar-refractivity contribution in [1.82, 2.24) is 4.90 Å². The molecule has 1 rings (SSSR count). The van der Waals surface area contributed by atoms with E-state index in [0.717, 1.165) is 8.66 Å². The number of halogens is 1. The number of likely N-dealkylation sites (N-methyl/N-ethyl adjacent to an activating group) is 1. The normalized spacial score (nSPS) is 10.1. The molecular weight excluding hydrogens is 252 g/mol. The van der Waals surface area contributed by atoms with Crippen molar-refractivity contribution in [2.45, 2.75) is 0 Å². The molecule has 0 bridgehead atoms. The summed E-state index contributed by atoms with van der Waals surface area (Å²) < 4.78 is 0.969. The molecule has 3 nitrogen and oxygen atoms in total. The Kier molecular flexibility index (Phi) is 3.90. The van der Waals surface area contributed by atoms with E-state index in [4.69, 9.17) is 5.73 Å². The SMILES string of the molecule is CN(CCN)C(=O)c1ccc(Br)s1. The van der Waals surface area contributed by atoms with E-state index < -0.39 is 0 Å². The maximum atomic E-state index is 11.6. The molecule has 0 fully saturated rings. The molecule has 0 spiro atoms. The number of nitrogens with zero attached hydrogens (tertiary/aromatic N) is 1. The molecule has 0 aromatic carbocycles. The van der Waals surface area contributed by atoms with E-state index in [9.17, 15) is 4.79 Å². The first kappa shape index (κ1) is 10.7. The fourth-order valence-electron chi connectivity index (χ4n) is 0.913. The van der Waals surface area contributed by atoms with Gasteiger partial charge in [0.2, 0.25) is 0 Å². The molecule has 1 heterocycles. The Labute approximate surface area is 89.7 Å². The van der Waals surface area contributed by atoms with Gasteiger partial charge in [0.15, 0.2) is 0 Å². The molecule has 2 N–H and O–H groups in total. The summed E-state index contributed by atoms with van der Waals surface area (Å²) in [4.78, 5) is 14.0. The van der Waals surface area contributed by atoms with Crippen molar-refractivity contribution in [3.8, 4) is 0 Å². The summed E-state index contributed by atoms with van der Waals surface area (Å²) in [7, 11) is 1.75. The highest BCUT2D eigenvalue weighted by molar-refractivity contribution is 9.11. The van der Waals surface area contributed by atoms with Crippen LogP contribution in [0.5, 0.6) is 0 Å². The van der Waals surface area contributed by atoms with E-state index in [-0.39, 0.29) is 5.91 Å². The van der Waals surface area contributed by atoms with Gasteiger partial charge in [0.25, 0.3) is 5.91 Å². The van der Waals surface area contributed by atoms with Crippen LogP contribution in [0.25, 0.3) is 0 Å². The molecule has 0 atom stereocenters. The molecule has 1 aromatic rings. The topological polar surface area (TPSA) is 46.3 Å². The Hall–Kier alpha value is -0.390. The fraction of sp³-hybridized carbons (Fsp3) is 0.375. The van der Waals surface area contributed by atoms with Crippen LogP contribution in [-0.4, -0.2) is 30.9 Å². The van der Waals surface area contributed by atoms with Crippen LogP contribution < -0.4 is 5.73 Å². The molecule has 0 saturated carbocycles. The van der Waals surface area contributed by atoms with Gasteiger partial charge in [0, 0.05) is 20.1 Å². The van der Waals surface area contributed by atoms with Gasteiger partial charge in [-0.15, -0.1) is 11.3 Å². The predicted molar refractivity (Wildman–Crippen MR) is 58.0 cm³/mol. The van der Waals surface area contributed by atoms with Crippen LogP contribution in [0.3, 0.4) is 0 Å². The molecular formula is C8H11BrN2OS. The van der Waals surface area contributed by atoms with E-state index in [1.807, 2.05) is 12.1 Å². The molecule has 1 aromatic heterocycles. The van der Waals surface area contributed by atoms with Crippen molar-refractivity contribution < 1.29 is 4.79 Å². The third-order valence-electron chi connectivity index (χ3n) is 1.60. The van der Waals surface area contributed by atoms with Crippen LogP contribution in [0.2, 0.25) is 0 Å². The lowest BCUT2D eigenvalue weighted by molar-refractivity contribution is 0.0804. The summed E-state index contributed by atoms with van der Waals surface area (Å²) in [6.07, 6.45) is 0. The van der Waals surface area contributed by atoms with Crippen molar-refractivity contribution in [2.24, 2.45) is 5.73 Å². The number of nitrogens with two attached hydrogens (primary N) is 1. The van der Waals surface area contributed by atoms with Gasteiger partial charge >= 0.3 is 0 Å². The van der Waals surface area contributed by atoms with E-state index in [1.54, 1.807) is 11.9 Å². The van der Waals surface area contributed by atoms with Crippen molar-refractivity contribution in [3.63, 3.8) is 0 Å². The monoisotopic (exact) mass is 262 g/mol. The summed E-state index contributed by atoms with van der Waals surface area (Å²) in [5.41, 5.74) is 5.35. The van der Waals surface area contributed by atoms with Gasteiger partial charge in [0.1, 0.15) is 0 Å². The summed E-state index contributed by atoms with van der Waals surface area (Å²) >= 11 is 4.75. The third-order valence-corrected chi connectivity index (χ3v) is 3.21. The van der Waals surface area contributed by atoms with Gasteiger partial charge in [-0.3, -0.25) is 4.79 Å². The second-order valence-electron chi connectivity index (χ2n) is 2.62. The molecule has 0 saturated heterocycles. The number of hydrogen-bond acceptors (Lipinski definition) is 3. The second-order valence-corrected chi connectivity index (χ2v) is 5.08. The highest BCUT2D eigenvalue weighted by Gasteiger charge is 2.12. The van der Waals surface area contributed by atoms with Gasteiger partial charge in [0.05, 0.1) is 8.66 Å². The Morgan fingerprint density at radius 2 is 2.38 bits per heavy atom. The average Bonchev–Trinajstić information content (AvgIpc) is 2.51. The standard InChI is InChI=1S/C8H11BrN2OS/c1-11(5-4-10)8(12)6-2-3-7(9)13-6/h2-3H,4-5,10H2,1H3. The minimum atomic E-state index is 0.0288. The Balaban J connectivity index is 2.67. The van der Waals surface area contributed by atoms with Crippen LogP contribution >= 0.6 is 27.3 Å². The Morgan fingerprint density at radius 1 is 1.69 bits per heavy atom. The number of rotatable bonds is 3. The zero-order chi connectivity index (χ0) is 9.84. The molecule has 5 heteroatoms. The number of hydrogen-bond donors (Lipinski definition) is 1. The largest absolute Gasteiger partial charge is 0.340 e. The summed E-state index contributed by atoms with van der Waals surface area (Å²) in [6.45, 7) is 1.09. The Morgan fingerprint density at radius 3 is 2.85 bits per heavy atom. The highest BCUT2D eigenvalue weighted by Crippen LogP contribution is 2.22. The molecule has 0 aliphatic heterocycles. The van der Waals surface area contributed by atoms with Crippen molar-refractivity contribution in [3.05, 3.63) is 20.8 Å². The quantitative estimate of drug-likeness (QED) is 0.899. The van der Waals surface area contributed by atoms with Gasteiger partial charge < -0.3 is 10.6 Å². The van der Waals surface area contributed by atoms with E-state index in [2.05, 4.69) is 15.9 Å². The van der Waals surface area contributed by atoms with Crippen molar-refractivity contribution in [1.29, 1.82) is 0 Å². The lowest BCUT2D eigenvalue weighted by Crippen LogP contribution is -2.31. The van der Waals surface area contributed by atoms with Crippen LogP contribution in [0.1, 0.15) is 9.67 Å². The van der Waals surface area contributed by atoms with Gasteiger partial charge in [-0.25, -0.2) is 0 Å². The third kappa shape index (κ3) is 2.79. The zero-order valence-corrected chi connectivity index (χ0v) is 9.69. The second kappa shape index (κ2) is 4.74. The first-order chi connectivity index (χ1) is 6.15. The van der Waals surface area contributed by atoms with E-state index in [0.29, 0.717) is 13.1 Å². The Bertz CT molecular complexity index is 300. The summed E-state index contributed by atoms with van der Waals surface area (Å²) in [5, 5.41) is 0. The molecule has 0 aliphatic rings. The average molecular weight is 263 g/mol.